The van der Waals surface area contributed by atoms with Gasteiger partial charge in [0, 0.05) is 18.1 Å². The highest BCUT2D eigenvalue weighted by Gasteiger charge is 2.47. The standard InChI is InChI=1S/C17H25NS2/c1-14-9-10-17(2,16-19-11-6-12-20-16)18(14)13-15-7-4-3-5-8-15/h3-5,7-8,14,16H,6,9-13H2,1-2H3/t14-,17-/m1/s1. The van der Waals surface area contributed by atoms with Crippen LogP contribution >= 0.6 is 23.5 Å². The Morgan fingerprint density at radius 3 is 2.60 bits per heavy atom. The predicted molar refractivity (Wildman–Crippen MR) is 92.4 cm³/mol. The first kappa shape index (κ1) is 14.8. The van der Waals surface area contributed by atoms with Crippen LogP contribution < -0.4 is 0 Å². The van der Waals surface area contributed by atoms with E-state index in [1.54, 1.807) is 0 Å². The smallest absolute Gasteiger partial charge is 0.0683 e. The second kappa shape index (κ2) is 6.33. The number of hydrogen-bond acceptors (Lipinski definition) is 3. The van der Waals surface area contributed by atoms with E-state index in [2.05, 4.69) is 72.6 Å². The fourth-order valence-electron chi connectivity index (χ4n) is 3.52. The molecule has 0 aliphatic carbocycles. The minimum atomic E-state index is 0.366. The highest BCUT2D eigenvalue weighted by molar-refractivity contribution is 8.17. The number of benzene rings is 1. The molecule has 1 aromatic rings. The van der Waals surface area contributed by atoms with Crippen molar-refractivity contribution in [3.8, 4) is 0 Å². The van der Waals surface area contributed by atoms with E-state index in [4.69, 9.17) is 0 Å². The maximum atomic E-state index is 2.78. The molecular weight excluding hydrogens is 282 g/mol. The lowest BCUT2D eigenvalue weighted by atomic mass is 10.0. The normalized spacial score (nSPS) is 32.6. The van der Waals surface area contributed by atoms with Crippen LogP contribution in [-0.4, -0.2) is 32.6 Å². The summed E-state index contributed by atoms with van der Waals surface area (Å²) < 4.78 is 0.755. The van der Waals surface area contributed by atoms with Crippen LogP contribution in [0.1, 0.15) is 38.7 Å². The molecule has 0 N–H and O–H groups in total. The summed E-state index contributed by atoms with van der Waals surface area (Å²) in [7, 11) is 0. The molecule has 0 unspecified atom stereocenters. The maximum absolute atomic E-state index is 2.78. The van der Waals surface area contributed by atoms with Crippen molar-refractivity contribution in [3.63, 3.8) is 0 Å². The molecule has 0 aromatic heterocycles. The quantitative estimate of drug-likeness (QED) is 0.802. The molecule has 20 heavy (non-hydrogen) atoms. The first-order valence-electron chi connectivity index (χ1n) is 7.74. The Labute approximate surface area is 131 Å². The number of thioether (sulfide) groups is 2. The van der Waals surface area contributed by atoms with E-state index in [9.17, 15) is 0 Å². The van der Waals surface area contributed by atoms with E-state index in [1.165, 1.54) is 36.3 Å². The SMILES string of the molecule is C[C@@H]1CC[C@](C)(C2SCCCS2)N1Cc1ccccc1. The van der Waals surface area contributed by atoms with E-state index in [0.29, 0.717) is 11.6 Å². The minimum Gasteiger partial charge on any atom is -0.289 e. The van der Waals surface area contributed by atoms with Gasteiger partial charge in [-0.25, -0.2) is 0 Å². The van der Waals surface area contributed by atoms with Gasteiger partial charge < -0.3 is 0 Å². The van der Waals surface area contributed by atoms with E-state index >= 15 is 0 Å². The minimum absolute atomic E-state index is 0.366. The lowest BCUT2D eigenvalue weighted by Gasteiger charge is -2.44. The van der Waals surface area contributed by atoms with Crippen molar-refractivity contribution in [3.05, 3.63) is 35.9 Å². The van der Waals surface area contributed by atoms with Crippen molar-refractivity contribution in [1.29, 1.82) is 0 Å². The monoisotopic (exact) mass is 307 g/mol. The van der Waals surface area contributed by atoms with Crippen molar-refractivity contribution in [2.24, 2.45) is 0 Å². The van der Waals surface area contributed by atoms with Gasteiger partial charge in [-0.2, -0.15) is 0 Å². The third kappa shape index (κ3) is 2.90. The highest BCUT2D eigenvalue weighted by atomic mass is 32.2. The van der Waals surface area contributed by atoms with E-state index in [1.807, 2.05) is 0 Å². The van der Waals surface area contributed by atoms with Crippen LogP contribution in [-0.2, 0) is 6.54 Å². The Kier molecular flexibility index (Phi) is 4.68. The lowest BCUT2D eigenvalue weighted by Crippen LogP contribution is -2.50. The topological polar surface area (TPSA) is 3.24 Å². The number of hydrogen-bond donors (Lipinski definition) is 0. The molecule has 0 saturated carbocycles. The molecule has 2 saturated heterocycles. The van der Waals surface area contributed by atoms with Crippen LogP contribution in [0.25, 0.3) is 0 Å². The molecule has 0 radical (unpaired) electrons. The molecule has 3 heteroatoms. The van der Waals surface area contributed by atoms with Crippen LogP contribution in [0, 0.1) is 0 Å². The summed E-state index contributed by atoms with van der Waals surface area (Å²) in [5, 5.41) is 0. The van der Waals surface area contributed by atoms with E-state index in [-0.39, 0.29) is 0 Å². The van der Waals surface area contributed by atoms with Crippen molar-refractivity contribution in [1.82, 2.24) is 4.90 Å². The average Bonchev–Trinajstić information content (AvgIpc) is 2.79. The summed E-state index contributed by atoms with van der Waals surface area (Å²) in [6.07, 6.45) is 4.09. The van der Waals surface area contributed by atoms with Gasteiger partial charge in [0.05, 0.1) is 4.58 Å². The molecular formula is C17H25NS2. The van der Waals surface area contributed by atoms with Crippen molar-refractivity contribution < 1.29 is 0 Å². The van der Waals surface area contributed by atoms with Gasteiger partial charge in [0.25, 0.3) is 0 Å². The van der Waals surface area contributed by atoms with E-state index in [0.717, 1.165) is 11.1 Å². The molecule has 3 rings (SSSR count). The Morgan fingerprint density at radius 2 is 1.90 bits per heavy atom. The largest absolute Gasteiger partial charge is 0.289 e. The second-order valence-electron chi connectivity index (χ2n) is 6.29. The number of nitrogens with zero attached hydrogens (tertiary/aromatic N) is 1. The fourth-order valence-corrected chi connectivity index (χ4v) is 6.94. The van der Waals surface area contributed by atoms with Gasteiger partial charge in [-0.1, -0.05) is 30.3 Å². The molecule has 2 heterocycles. The zero-order valence-corrected chi connectivity index (χ0v) is 14.2. The predicted octanol–water partition coefficient (Wildman–Crippen LogP) is 4.63. The second-order valence-corrected chi connectivity index (χ2v) is 9.01. The van der Waals surface area contributed by atoms with Crippen LogP contribution in [0.5, 0.6) is 0 Å². The fraction of sp³-hybridized carbons (Fsp3) is 0.647. The zero-order valence-electron chi connectivity index (χ0n) is 12.5. The molecule has 2 aliphatic heterocycles. The Balaban J connectivity index is 1.78. The van der Waals surface area contributed by atoms with Crippen molar-refractivity contribution in [2.75, 3.05) is 11.5 Å². The van der Waals surface area contributed by atoms with Gasteiger partial charge in [0.2, 0.25) is 0 Å². The lowest BCUT2D eigenvalue weighted by molar-refractivity contribution is 0.125. The molecule has 0 amide bonds. The third-order valence-electron chi connectivity index (χ3n) is 4.79. The summed E-state index contributed by atoms with van der Waals surface area (Å²) in [6.45, 7) is 6.03. The van der Waals surface area contributed by atoms with Crippen LogP contribution in [0.15, 0.2) is 30.3 Å². The molecule has 1 aromatic carbocycles. The third-order valence-corrected chi connectivity index (χ3v) is 8.27. The van der Waals surface area contributed by atoms with Crippen LogP contribution in [0.2, 0.25) is 0 Å². The first-order valence-corrected chi connectivity index (χ1v) is 9.84. The Bertz CT molecular complexity index is 430. The van der Waals surface area contributed by atoms with Gasteiger partial charge in [-0.3, -0.25) is 4.90 Å². The molecule has 2 atom stereocenters. The molecule has 0 spiro atoms. The first-order chi connectivity index (χ1) is 9.70. The molecule has 110 valence electrons. The van der Waals surface area contributed by atoms with Crippen molar-refractivity contribution in [2.45, 2.75) is 55.8 Å². The number of rotatable bonds is 3. The average molecular weight is 308 g/mol. The van der Waals surface area contributed by atoms with Crippen LogP contribution in [0.3, 0.4) is 0 Å². The van der Waals surface area contributed by atoms with Crippen LogP contribution in [0.4, 0.5) is 0 Å². The molecule has 1 nitrogen and oxygen atoms in total. The summed E-state index contributed by atoms with van der Waals surface area (Å²) in [6, 6.07) is 11.7. The Morgan fingerprint density at radius 1 is 1.20 bits per heavy atom. The summed E-state index contributed by atoms with van der Waals surface area (Å²) in [5.41, 5.74) is 1.82. The number of likely N-dealkylation sites (tertiary alicyclic amines) is 1. The van der Waals surface area contributed by atoms with Gasteiger partial charge in [-0.05, 0) is 50.2 Å². The van der Waals surface area contributed by atoms with Gasteiger partial charge >= 0.3 is 0 Å². The highest BCUT2D eigenvalue weighted by Crippen LogP contribution is 2.48. The Hall–Kier alpha value is -0.120. The summed E-state index contributed by atoms with van der Waals surface area (Å²) >= 11 is 4.39. The zero-order chi connectivity index (χ0) is 14.0. The molecule has 2 fully saturated rings. The molecule has 0 bridgehead atoms. The van der Waals surface area contributed by atoms with Gasteiger partial charge in [0.1, 0.15) is 0 Å². The summed E-state index contributed by atoms with van der Waals surface area (Å²) in [5.74, 6) is 2.70. The van der Waals surface area contributed by atoms with Gasteiger partial charge in [-0.15, -0.1) is 23.5 Å². The summed E-state index contributed by atoms with van der Waals surface area (Å²) in [4.78, 5) is 2.78. The van der Waals surface area contributed by atoms with E-state index < -0.39 is 0 Å². The maximum Gasteiger partial charge on any atom is 0.0683 e. The van der Waals surface area contributed by atoms with Gasteiger partial charge in [0.15, 0.2) is 0 Å². The molecule has 2 aliphatic rings. The van der Waals surface area contributed by atoms with Crippen molar-refractivity contribution >= 4 is 23.5 Å².